The van der Waals surface area contributed by atoms with Crippen molar-refractivity contribution in [1.82, 2.24) is 15.4 Å². The Labute approximate surface area is 163 Å². The SMILES string of the molecule is O=C(Cc1ccc(C2=CC3=NCNN3C=C2)cn1)Nc1ccc(C2CC2)cc1. The van der Waals surface area contributed by atoms with Crippen LogP contribution in [-0.2, 0) is 11.2 Å². The van der Waals surface area contributed by atoms with E-state index in [4.69, 9.17) is 0 Å². The van der Waals surface area contributed by atoms with E-state index in [1.807, 2.05) is 53.8 Å². The van der Waals surface area contributed by atoms with Gasteiger partial charge in [0.15, 0.2) is 0 Å². The zero-order valence-electron chi connectivity index (χ0n) is 15.4. The first kappa shape index (κ1) is 16.9. The van der Waals surface area contributed by atoms with Crippen molar-refractivity contribution in [1.29, 1.82) is 0 Å². The Morgan fingerprint density at radius 3 is 2.79 bits per heavy atom. The van der Waals surface area contributed by atoms with Crippen molar-refractivity contribution in [3.8, 4) is 0 Å². The summed E-state index contributed by atoms with van der Waals surface area (Å²) >= 11 is 0. The monoisotopic (exact) mass is 371 g/mol. The first-order chi connectivity index (χ1) is 13.7. The fourth-order valence-corrected chi connectivity index (χ4v) is 3.44. The van der Waals surface area contributed by atoms with Crippen molar-refractivity contribution in [2.75, 3.05) is 12.0 Å². The smallest absolute Gasteiger partial charge is 0.230 e. The Hall–Kier alpha value is -3.25. The number of benzene rings is 1. The number of anilines is 1. The molecule has 2 aromatic rings. The number of amides is 1. The number of aliphatic imine (C=N–C) groups is 1. The summed E-state index contributed by atoms with van der Waals surface area (Å²) in [5, 5.41) is 4.85. The number of aromatic nitrogens is 1. The summed E-state index contributed by atoms with van der Waals surface area (Å²) in [7, 11) is 0. The standard InChI is InChI=1S/C22H21N5O/c28-22(26-19-6-3-16(4-7-19)15-1-2-15)12-20-8-5-18(13-23-20)17-9-10-27-21(11-17)24-14-25-27/h3-11,13,15,25H,1-2,12,14H2,(H,26,28). The van der Waals surface area contributed by atoms with E-state index in [2.05, 4.69) is 32.9 Å². The lowest BCUT2D eigenvalue weighted by molar-refractivity contribution is -0.115. The van der Waals surface area contributed by atoms with Gasteiger partial charge >= 0.3 is 0 Å². The highest BCUT2D eigenvalue weighted by molar-refractivity contribution is 6.03. The van der Waals surface area contributed by atoms with Gasteiger partial charge in [-0.2, -0.15) is 0 Å². The molecule has 1 aromatic carbocycles. The number of hydrazine groups is 1. The molecule has 1 saturated carbocycles. The number of carbonyl (C=O) groups is 1. The van der Waals surface area contributed by atoms with Crippen molar-refractivity contribution in [2.24, 2.45) is 4.99 Å². The van der Waals surface area contributed by atoms with Crippen LogP contribution in [0.15, 0.2) is 65.9 Å². The van der Waals surface area contributed by atoms with Gasteiger partial charge in [0.1, 0.15) is 12.5 Å². The van der Waals surface area contributed by atoms with E-state index in [0.29, 0.717) is 6.67 Å². The van der Waals surface area contributed by atoms with Crippen molar-refractivity contribution in [3.05, 3.63) is 77.8 Å². The number of hydrogen-bond donors (Lipinski definition) is 2. The predicted molar refractivity (Wildman–Crippen MR) is 109 cm³/mol. The first-order valence-electron chi connectivity index (χ1n) is 9.57. The van der Waals surface area contributed by atoms with Crippen molar-refractivity contribution >= 4 is 23.0 Å². The third-order valence-electron chi connectivity index (χ3n) is 5.16. The van der Waals surface area contributed by atoms with E-state index in [-0.39, 0.29) is 12.3 Å². The lowest BCUT2D eigenvalue weighted by Gasteiger charge is -2.18. The van der Waals surface area contributed by atoms with E-state index in [1.54, 1.807) is 0 Å². The number of hydrogen-bond acceptors (Lipinski definition) is 5. The average Bonchev–Trinajstić information content (AvgIpc) is 3.46. The lowest BCUT2D eigenvalue weighted by Crippen LogP contribution is -2.32. The molecule has 0 atom stereocenters. The molecule has 0 unspecified atom stereocenters. The Kier molecular flexibility index (Phi) is 4.25. The molecule has 0 radical (unpaired) electrons. The van der Waals surface area contributed by atoms with Crippen LogP contribution in [0.3, 0.4) is 0 Å². The second kappa shape index (κ2) is 7.05. The molecule has 1 aromatic heterocycles. The van der Waals surface area contributed by atoms with Crippen molar-refractivity contribution in [2.45, 2.75) is 25.2 Å². The fourth-order valence-electron chi connectivity index (χ4n) is 3.44. The molecule has 2 N–H and O–H groups in total. The largest absolute Gasteiger partial charge is 0.326 e. The quantitative estimate of drug-likeness (QED) is 0.847. The highest BCUT2D eigenvalue weighted by Crippen LogP contribution is 2.40. The molecule has 0 bridgehead atoms. The Morgan fingerprint density at radius 2 is 2.04 bits per heavy atom. The molecule has 3 heterocycles. The van der Waals surface area contributed by atoms with E-state index in [1.165, 1.54) is 18.4 Å². The highest BCUT2D eigenvalue weighted by atomic mass is 16.1. The van der Waals surface area contributed by atoms with E-state index < -0.39 is 0 Å². The van der Waals surface area contributed by atoms with Crippen LogP contribution in [0, 0.1) is 0 Å². The minimum atomic E-state index is -0.0572. The number of carbonyl (C=O) groups excluding carboxylic acids is 1. The van der Waals surface area contributed by atoms with Crippen LogP contribution < -0.4 is 10.7 Å². The summed E-state index contributed by atoms with van der Waals surface area (Å²) in [6.07, 6.45) is 10.6. The maximum absolute atomic E-state index is 12.3. The molecule has 0 saturated heterocycles. The zero-order chi connectivity index (χ0) is 18.9. The normalized spacial score (nSPS) is 17.8. The molecule has 5 rings (SSSR count). The minimum absolute atomic E-state index is 0.0572. The number of rotatable bonds is 5. The number of allylic oxidation sites excluding steroid dienone is 2. The number of nitrogens with one attached hydrogen (secondary N) is 2. The average molecular weight is 371 g/mol. The second-order valence-corrected chi connectivity index (χ2v) is 7.28. The van der Waals surface area contributed by atoms with Gasteiger partial charge in [-0.05, 0) is 60.2 Å². The van der Waals surface area contributed by atoms with Gasteiger partial charge in [0, 0.05) is 29.3 Å². The molecule has 1 aliphatic carbocycles. The van der Waals surface area contributed by atoms with Gasteiger partial charge < -0.3 is 5.32 Å². The third-order valence-corrected chi connectivity index (χ3v) is 5.16. The summed E-state index contributed by atoms with van der Waals surface area (Å²) in [5.74, 6) is 1.56. The molecule has 2 aliphatic heterocycles. The third kappa shape index (κ3) is 3.59. The van der Waals surface area contributed by atoms with Crippen LogP contribution in [0.5, 0.6) is 0 Å². The first-order valence-corrected chi connectivity index (χ1v) is 9.57. The number of amidine groups is 1. The van der Waals surface area contributed by atoms with Crippen LogP contribution in [0.1, 0.15) is 35.6 Å². The van der Waals surface area contributed by atoms with Crippen LogP contribution in [0.25, 0.3) is 5.57 Å². The zero-order valence-corrected chi connectivity index (χ0v) is 15.4. The summed E-state index contributed by atoms with van der Waals surface area (Å²) < 4.78 is 0. The lowest BCUT2D eigenvalue weighted by atomic mass is 10.0. The number of nitrogens with zero attached hydrogens (tertiary/aromatic N) is 3. The number of fused-ring (bicyclic) bond motifs is 1. The maximum atomic E-state index is 12.3. The Balaban J connectivity index is 1.21. The molecule has 1 fully saturated rings. The maximum Gasteiger partial charge on any atom is 0.230 e. The van der Waals surface area contributed by atoms with Gasteiger partial charge in [-0.15, -0.1) is 0 Å². The molecule has 140 valence electrons. The molecule has 1 amide bonds. The van der Waals surface area contributed by atoms with E-state index in [0.717, 1.165) is 34.3 Å². The minimum Gasteiger partial charge on any atom is -0.326 e. The summed E-state index contributed by atoms with van der Waals surface area (Å²) in [4.78, 5) is 21.2. The Bertz CT molecular complexity index is 985. The van der Waals surface area contributed by atoms with E-state index >= 15 is 0 Å². The molecule has 3 aliphatic rings. The van der Waals surface area contributed by atoms with Gasteiger partial charge in [0.2, 0.25) is 5.91 Å². The van der Waals surface area contributed by atoms with Crippen LogP contribution in [0.4, 0.5) is 5.69 Å². The Morgan fingerprint density at radius 1 is 1.18 bits per heavy atom. The van der Waals surface area contributed by atoms with Gasteiger partial charge in [-0.25, -0.2) is 10.4 Å². The topological polar surface area (TPSA) is 69.6 Å². The summed E-state index contributed by atoms with van der Waals surface area (Å²) in [6, 6.07) is 12.1. The van der Waals surface area contributed by atoms with Crippen LogP contribution >= 0.6 is 0 Å². The van der Waals surface area contributed by atoms with Gasteiger partial charge in [-0.1, -0.05) is 18.2 Å². The summed E-state index contributed by atoms with van der Waals surface area (Å²) in [5.41, 5.74) is 8.13. The van der Waals surface area contributed by atoms with Crippen molar-refractivity contribution < 1.29 is 4.79 Å². The molecule has 0 spiro atoms. The van der Waals surface area contributed by atoms with Gasteiger partial charge in [0.25, 0.3) is 0 Å². The number of pyridine rings is 1. The predicted octanol–water partition coefficient (Wildman–Crippen LogP) is 3.23. The molecule has 28 heavy (non-hydrogen) atoms. The van der Waals surface area contributed by atoms with Crippen LogP contribution in [0.2, 0.25) is 0 Å². The summed E-state index contributed by atoms with van der Waals surface area (Å²) in [6.45, 7) is 0.596. The second-order valence-electron chi connectivity index (χ2n) is 7.28. The molecular weight excluding hydrogens is 350 g/mol. The molecule has 6 heteroatoms. The highest BCUT2D eigenvalue weighted by Gasteiger charge is 2.23. The van der Waals surface area contributed by atoms with Crippen LogP contribution in [-0.4, -0.2) is 28.4 Å². The van der Waals surface area contributed by atoms with Crippen molar-refractivity contribution in [3.63, 3.8) is 0 Å². The van der Waals surface area contributed by atoms with E-state index in [9.17, 15) is 4.79 Å². The molecular formula is C22H21N5O. The molecule has 6 nitrogen and oxygen atoms in total. The fraction of sp³-hybridized carbons (Fsp3) is 0.227. The van der Waals surface area contributed by atoms with Gasteiger partial charge in [-0.3, -0.25) is 14.8 Å². The van der Waals surface area contributed by atoms with Gasteiger partial charge in [0.05, 0.1) is 6.42 Å².